The summed E-state index contributed by atoms with van der Waals surface area (Å²) in [5.41, 5.74) is 14.6. The first-order chi connectivity index (χ1) is 13.6. The van der Waals surface area contributed by atoms with Gasteiger partial charge in [0.25, 0.3) is 0 Å². The van der Waals surface area contributed by atoms with Gasteiger partial charge in [-0.2, -0.15) is 0 Å². The molecule has 0 spiro atoms. The SMILES string of the molecule is NC1=CNC([C@@H]2CCOc3c(F)cccc32)(n2cnc3ccncc32)N=C1N. The first-order valence-corrected chi connectivity index (χ1v) is 8.88. The molecule has 9 heteroatoms. The number of hydrogen-bond acceptors (Lipinski definition) is 7. The molecule has 142 valence electrons. The Morgan fingerprint density at radius 1 is 1.29 bits per heavy atom. The second-order valence-electron chi connectivity index (χ2n) is 6.79. The lowest BCUT2D eigenvalue weighted by Crippen LogP contribution is -2.53. The minimum absolute atomic E-state index is 0.203. The van der Waals surface area contributed by atoms with Crippen molar-refractivity contribution < 1.29 is 9.13 Å². The van der Waals surface area contributed by atoms with Crippen molar-refractivity contribution in [3.63, 3.8) is 0 Å². The minimum atomic E-state index is -1.09. The lowest BCUT2D eigenvalue weighted by molar-refractivity contribution is 0.146. The van der Waals surface area contributed by atoms with E-state index in [9.17, 15) is 4.39 Å². The van der Waals surface area contributed by atoms with Crippen LogP contribution in [0.5, 0.6) is 5.75 Å². The molecule has 1 unspecified atom stereocenters. The van der Waals surface area contributed by atoms with Crippen molar-refractivity contribution in [3.05, 3.63) is 66.3 Å². The molecule has 2 aromatic heterocycles. The number of hydrogen-bond donors (Lipinski definition) is 3. The molecule has 2 atom stereocenters. The first kappa shape index (κ1) is 16.5. The number of amidine groups is 1. The fraction of sp³-hybridized carbons (Fsp3) is 0.211. The molecule has 0 radical (unpaired) electrons. The average molecular weight is 379 g/mol. The summed E-state index contributed by atoms with van der Waals surface area (Å²) in [6, 6.07) is 6.71. The van der Waals surface area contributed by atoms with E-state index >= 15 is 0 Å². The molecule has 0 saturated heterocycles. The molecule has 3 aromatic rings. The Kier molecular flexibility index (Phi) is 3.51. The number of aliphatic imine (C=N–C) groups is 1. The predicted molar refractivity (Wildman–Crippen MR) is 102 cm³/mol. The summed E-state index contributed by atoms with van der Waals surface area (Å²) >= 11 is 0. The highest BCUT2D eigenvalue weighted by molar-refractivity contribution is 5.96. The van der Waals surface area contributed by atoms with Crippen molar-refractivity contribution in [1.29, 1.82) is 0 Å². The maximum atomic E-state index is 14.4. The number of aromatic nitrogens is 3. The van der Waals surface area contributed by atoms with Crippen molar-refractivity contribution in [2.24, 2.45) is 16.5 Å². The molecule has 0 amide bonds. The van der Waals surface area contributed by atoms with Crippen LogP contribution in [0.25, 0.3) is 11.0 Å². The Labute approximate surface area is 159 Å². The van der Waals surface area contributed by atoms with Crippen molar-refractivity contribution in [2.75, 3.05) is 6.61 Å². The minimum Gasteiger partial charge on any atom is -0.490 e. The molecule has 28 heavy (non-hydrogen) atoms. The highest BCUT2D eigenvalue weighted by Crippen LogP contribution is 2.46. The van der Waals surface area contributed by atoms with Crippen LogP contribution in [0.1, 0.15) is 17.9 Å². The molecule has 0 fully saturated rings. The number of benzene rings is 1. The van der Waals surface area contributed by atoms with Crippen LogP contribution in [-0.4, -0.2) is 27.0 Å². The summed E-state index contributed by atoms with van der Waals surface area (Å²) in [6.45, 7) is 0.349. The molecule has 2 aliphatic rings. The van der Waals surface area contributed by atoms with Gasteiger partial charge in [-0.3, -0.25) is 9.55 Å². The molecule has 8 nitrogen and oxygen atoms in total. The van der Waals surface area contributed by atoms with Crippen LogP contribution in [0.3, 0.4) is 0 Å². The van der Waals surface area contributed by atoms with E-state index in [-0.39, 0.29) is 17.5 Å². The highest BCUT2D eigenvalue weighted by atomic mass is 19.1. The topological polar surface area (TPSA) is 116 Å². The Hall–Kier alpha value is -3.62. The quantitative estimate of drug-likeness (QED) is 0.621. The van der Waals surface area contributed by atoms with Gasteiger partial charge in [-0.1, -0.05) is 12.1 Å². The fourth-order valence-corrected chi connectivity index (χ4v) is 3.94. The van der Waals surface area contributed by atoms with Gasteiger partial charge >= 0.3 is 0 Å². The van der Waals surface area contributed by atoms with Crippen LogP contribution in [0, 0.1) is 5.82 Å². The van der Waals surface area contributed by atoms with Gasteiger partial charge in [0.15, 0.2) is 11.6 Å². The van der Waals surface area contributed by atoms with E-state index < -0.39 is 11.6 Å². The maximum absolute atomic E-state index is 14.4. The number of nitrogens with zero attached hydrogens (tertiary/aromatic N) is 4. The van der Waals surface area contributed by atoms with Gasteiger partial charge in [-0.05, 0) is 18.6 Å². The molecule has 0 aliphatic carbocycles. The van der Waals surface area contributed by atoms with E-state index in [0.717, 1.165) is 11.0 Å². The number of fused-ring (bicyclic) bond motifs is 2. The van der Waals surface area contributed by atoms with Gasteiger partial charge in [0.1, 0.15) is 5.84 Å². The number of halogens is 1. The molecular formula is C19H18FN7O. The van der Waals surface area contributed by atoms with Crippen LogP contribution >= 0.6 is 0 Å². The highest BCUT2D eigenvalue weighted by Gasteiger charge is 2.46. The van der Waals surface area contributed by atoms with Crippen molar-refractivity contribution in [1.82, 2.24) is 19.9 Å². The third kappa shape index (κ3) is 2.25. The number of imidazole rings is 1. The van der Waals surface area contributed by atoms with Crippen LogP contribution in [0.4, 0.5) is 4.39 Å². The lowest BCUT2D eigenvalue weighted by Gasteiger charge is -2.43. The number of pyridine rings is 1. The Morgan fingerprint density at radius 2 is 2.18 bits per heavy atom. The van der Waals surface area contributed by atoms with Gasteiger partial charge in [0, 0.05) is 18.0 Å². The van der Waals surface area contributed by atoms with E-state index in [1.165, 1.54) is 6.07 Å². The molecule has 5 rings (SSSR count). The standard InChI is InChI=1S/C19H18FN7O/c20-13-3-1-2-11-12(5-7-28-17(11)13)19(25-8-14(21)18(22)26-19)27-10-24-15-4-6-23-9-16(15)27/h1-4,6,8-10,12,25H,5,7,21H2,(H2,22,26)/t12-,19?/m1/s1. The largest absolute Gasteiger partial charge is 0.490 e. The zero-order valence-corrected chi connectivity index (χ0v) is 14.8. The van der Waals surface area contributed by atoms with E-state index in [2.05, 4.69) is 15.3 Å². The monoisotopic (exact) mass is 379 g/mol. The average Bonchev–Trinajstić information content (AvgIpc) is 3.15. The predicted octanol–water partition coefficient (Wildman–Crippen LogP) is 1.51. The summed E-state index contributed by atoms with van der Waals surface area (Å²) in [5.74, 6) is -1.34. The Bertz CT molecular complexity index is 1140. The molecule has 0 saturated carbocycles. The zero-order chi connectivity index (χ0) is 19.3. The van der Waals surface area contributed by atoms with E-state index in [0.29, 0.717) is 24.3 Å². The molecular weight excluding hydrogens is 361 g/mol. The normalized spacial score (nSPS) is 24.0. The summed E-state index contributed by atoms with van der Waals surface area (Å²) < 4.78 is 21.9. The maximum Gasteiger partial charge on any atom is 0.221 e. The zero-order valence-electron chi connectivity index (χ0n) is 14.8. The van der Waals surface area contributed by atoms with Crippen LogP contribution in [0.2, 0.25) is 0 Å². The number of nitrogens with one attached hydrogen (secondary N) is 1. The Balaban J connectivity index is 1.78. The number of rotatable bonds is 2. The number of ether oxygens (including phenoxy) is 1. The van der Waals surface area contributed by atoms with Crippen molar-refractivity contribution >= 4 is 16.9 Å². The molecule has 0 bridgehead atoms. The van der Waals surface area contributed by atoms with E-state index in [1.807, 2.05) is 16.7 Å². The van der Waals surface area contributed by atoms with Crippen molar-refractivity contribution in [3.8, 4) is 5.75 Å². The van der Waals surface area contributed by atoms with E-state index in [4.69, 9.17) is 21.2 Å². The van der Waals surface area contributed by atoms with E-state index in [1.54, 1.807) is 31.0 Å². The summed E-state index contributed by atoms with van der Waals surface area (Å²) in [7, 11) is 0. The summed E-state index contributed by atoms with van der Waals surface area (Å²) in [4.78, 5) is 13.4. The first-order valence-electron chi connectivity index (χ1n) is 8.88. The van der Waals surface area contributed by atoms with Crippen molar-refractivity contribution in [2.45, 2.75) is 18.1 Å². The van der Waals surface area contributed by atoms with Gasteiger partial charge in [0.2, 0.25) is 5.79 Å². The van der Waals surface area contributed by atoms with Crippen LogP contribution in [-0.2, 0) is 5.79 Å². The van der Waals surface area contributed by atoms with Gasteiger partial charge < -0.3 is 21.5 Å². The van der Waals surface area contributed by atoms with Crippen LogP contribution in [0.15, 0.2) is 59.9 Å². The van der Waals surface area contributed by atoms with Crippen LogP contribution < -0.4 is 21.5 Å². The Morgan fingerprint density at radius 3 is 3.04 bits per heavy atom. The second-order valence-corrected chi connectivity index (χ2v) is 6.79. The second kappa shape index (κ2) is 5.95. The molecule has 2 aliphatic heterocycles. The molecule has 5 N–H and O–H groups in total. The number of para-hydroxylation sites is 1. The summed E-state index contributed by atoms with van der Waals surface area (Å²) in [6.07, 6.45) is 7.28. The molecule has 1 aromatic carbocycles. The third-order valence-electron chi connectivity index (χ3n) is 5.26. The number of nitrogens with two attached hydrogens (primary N) is 2. The summed E-state index contributed by atoms with van der Waals surface area (Å²) in [5, 5.41) is 3.30. The van der Waals surface area contributed by atoms with Gasteiger partial charge in [0.05, 0.1) is 41.8 Å². The smallest absolute Gasteiger partial charge is 0.221 e. The lowest BCUT2D eigenvalue weighted by atomic mass is 9.85. The third-order valence-corrected chi connectivity index (χ3v) is 5.26. The fourth-order valence-electron chi connectivity index (χ4n) is 3.94. The molecule has 4 heterocycles. The van der Waals surface area contributed by atoms with Gasteiger partial charge in [-0.25, -0.2) is 14.4 Å². The van der Waals surface area contributed by atoms with Gasteiger partial charge in [-0.15, -0.1) is 0 Å².